The number of ether oxygens (including phenoxy) is 2. The molecule has 0 amide bonds. The quantitative estimate of drug-likeness (QED) is 0.161. The van der Waals surface area contributed by atoms with Gasteiger partial charge >= 0.3 is 0 Å². The van der Waals surface area contributed by atoms with Gasteiger partial charge in [-0.15, -0.1) is 0 Å². The highest BCUT2D eigenvalue weighted by molar-refractivity contribution is 6.03. The van der Waals surface area contributed by atoms with Crippen molar-refractivity contribution in [3.05, 3.63) is 165 Å². The zero-order valence-corrected chi connectivity index (χ0v) is 30.4. The number of hydrogen-bond donors (Lipinski definition) is 2. The Balaban J connectivity index is 1.39. The number of fused-ring (bicyclic) bond motifs is 7. The van der Waals surface area contributed by atoms with Crippen LogP contribution in [0.3, 0.4) is 0 Å². The van der Waals surface area contributed by atoms with Crippen molar-refractivity contribution < 1.29 is 9.47 Å². The third-order valence-electron chi connectivity index (χ3n) is 10.4. The van der Waals surface area contributed by atoms with Crippen molar-refractivity contribution >= 4 is 65.9 Å². The van der Waals surface area contributed by atoms with Crippen molar-refractivity contribution in [3.63, 3.8) is 0 Å². The molecule has 3 aromatic heterocycles. The molecule has 9 aromatic rings. The Bertz CT molecular complexity index is 3010. The molecule has 2 N–H and O–H groups in total. The van der Waals surface area contributed by atoms with Crippen molar-refractivity contribution in [1.29, 1.82) is 0 Å². The molecule has 0 spiro atoms. The minimum absolute atomic E-state index is 0.300. The van der Waals surface area contributed by atoms with Crippen LogP contribution in [-0.4, -0.2) is 42.3 Å². The van der Waals surface area contributed by atoms with E-state index in [1.807, 2.05) is 109 Å². The number of H-pyrrole nitrogens is 2. The van der Waals surface area contributed by atoms with E-state index in [-0.39, 0.29) is 11.1 Å². The maximum absolute atomic E-state index is 14.5. The van der Waals surface area contributed by atoms with Crippen molar-refractivity contribution in [2.45, 2.75) is 25.9 Å². The van der Waals surface area contributed by atoms with Gasteiger partial charge in [0.1, 0.15) is 33.8 Å². The van der Waals surface area contributed by atoms with Gasteiger partial charge < -0.3 is 28.6 Å². The summed E-state index contributed by atoms with van der Waals surface area (Å²) < 4.78 is 16.6. The van der Waals surface area contributed by atoms with Crippen molar-refractivity contribution in [2.75, 3.05) is 13.2 Å². The van der Waals surface area contributed by atoms with Crippen molar-refractivity contribution in [2.24, 2.45) is 0 Å². The van der Waals surface area contributed by atoms with E-state index >= 15 is 0 Å². The maximum atomic E-state index is 14.5. The Morgan fingerprint density at radius 2 is 0.911 bits per heavy atom. The fraction of sp³-hybridized carbons (Fsp3) is 0.130. The second kappa shape index (κ2) is 13.9. The number of aromatic amines is 2. The van der Waals surface area contributed by atoms with Crippen LogP contribution < -0.4 is 20.6 Å². The third kappa shape index (κ3) is 6.01. The molecule has 0 atom stereocenters. The van der Waals surface area contributed by atoms with Crippen LogP contribution in [0.1, 0.15) is 24.0 Å². The molecule has 0 saturated heterocycles. The molecule has 274 valence electrons. The summed E-state index contributed by atoms with van der Waals surface area (Å²) >= 11 is 0. The number of para-hydroxylation sites is 4. The van der Waals surface area contributed by atoms with Gasteiger partial charge in [0.05, 0.1) is 46.1 Å². The fourth-order valence-electron chi connectivity index (χ4n) is 7.76. The molecule has 2 aliphatic heterocycles. The standard InChI is InChI=1S/C46H36N6O4/c53-45-36-18-10-22-40-42(36)50-44-34-16-2-4-20-38(34)48-46(54)35-17-9-21-39-41(35)49-43(33-15-1-3-19-37(33)47-45)51(39)27-29-11-7-13-31(25-29)55-23-5-6-24-56-32-14-8-12-30(26-32)28-52(40)44/h1-4,7-22,25-26H,5-6,23-24,27-28H2,(H,47,53)(H,48,54). The van der Waals surface area contributed by atoms with Crippen molar-refractivity contribution in [1.82, 2.24) is 29.1 Å². The molecule has 14 bridgehead atoms. The highest BCUT2D eigenvalue weighted by atomic mass is 16.5. The predicted molar refractivity (Wildman–Crippen MR) is 222 cm³/mol. The monoisotopic (exact) mass is 736 g/mol. The molecule has 0 saturated carbocycles. The van der Waals surface area contributed by atoms with Crippen LogP contribution in [0.25, 0.3) is 65.9 Å². The molecule has 11 rings (SSSR count). The number of rotatable bonds is 0. The van der Waals surface area contributed by atoms with E-state index in [0.29, 0.717) is 81.2 Å². The minimum Gasteiger partial charge on any atom is -0.494 e. The van der Waals surface area contributed by atoms with Gasteiger partial charge in [-0.05, 0) is 96.8 Å². The molecule has 56 heavy (non-hydrogen) atoms. The highest BCUT2D eigenvalue weighted by Gasteiger charge is 2.16. The van der Waals surface area contributed by atoms with Crippen LogP contribution >= 0.6 is 0 Å². The highest BCUT2D eigenvalue weighted by Crippen LogP contribution is 2.29. The topological polar surface area (TPSA) is 120 Å². The second-order valence-corrected chi connectivity index (χ2v) is 14.1. The summed E-state index contributed by atoms with van der Waals surface area (Å²) in [6, 6.07) is 42.7. The first kappa shape index (κ1) is 33.4. The zero-order valence-electron chi connectivity index (χ0n) is 30.4. The van der Waals surface area contributed by atoms with Gasteiger partial charge in [0.15, 0.2) is 0 Å². The van der Waals surface area contributed by atoms with Gasteiger partial charge in [0, 0.05) is 23.9 Å². The summed E-state index contributed by atoms with van der Waals surface area (Å²) in [5.74, 6) is 1.54. The molecular weight excluding hydrogens is 701 g/mol. The number of hydrogen-bond acceptors (Lipinski definition) is 6. The summed E-state index contributed by atoms with van der Waals surface area (Å²) in [5.41, 5.74) is 6.41. The molecular formula is C46H36N6O4. The first-order chi connectivity index (χ1) is 27.6. The van der Waals surface area contributed by atoms with Gasteiger partial charge in [0.2, 0.25) is 0 Å². The summed E-state index contributed by atoms with van der Waals surface area (Å²) in [6.45, 7) is 1.98. The Hall–Kier alpha value is -7.20. The largest absolute Gasteiger partial charge is 0.494 e. The molecule has 0 unspecified atom stereocenters. The second-order valence-electron chi connectivity index (χ2n) is 14.1. The lowest BCUT2D eigenvalue weighted by molar-refractivity contribution is 0.266. The average molecular weight is 737 g/mol. The van der Waals surface area contributed by atoms with Crippen LogP contribution in [0.2, 0.25) is 0 Å². The van der Waals surface area contributed by atoms with E-state index in [4.69, 9.17) is 19.4 Å². The SMILES string of the molecule is O=c1[nH]c2ccccc2c2nc3c4cccc3n2Cc2cccc(c2)OCCCCOc2cccc(c2)Cn2c3cccc1c3nc2c1ccccc1[nH]c4=O. The van der Waals surface area contributed by atoms with Gasteiger partial charge in [-0.3, -0.25) is 9.59 Å². The molecule has 0 radical (unpaired) electrons. The van der Waals surface area contributed by atoms with E-state index in [9.17, 15) is 9.59 Å². The van der Waals surface area contributed by atoms with E-state index < -0.39 is 0 Å². The summed E-state index contributed by atoms with van der Waals surface area (Å²) in [7, 11) is 0. The van der Waals surface area contributed by atoms with Gasteiger partial charge in [-0.2, -0.15) is 0 Å². The summed E-state index contributed by atoms with van der Waals surface area (Å²) in [5, 5.41) is 2.27. The number of nitrogens with one attached hydrogen (secondary N) is 2. The lowest BCUT2D eigenvalue weighted by Crippen LogP contribution is -2.06. The fourth-order valence-corrected chi connectivity index (χ4v) is 7.76. The Morgan fingerprint density at radius 3 is 1.39 bits per heavy atom. The number of nitrogens with zero attached hydrogens (tertiary/aromatic N) is 4. The van der Waals surface area contributed by atoms with Crippen molar-refractivity contribution in [3.8, 4) is 11.5 Å². The molecule has 10 nitrogen and oxygen atoms in total. The smallest absolute Gasteiger partial charge is 0.257 e. The van der Waals surface area contributed by atoms with Crippen LogP contribution in [0.4, 0.5) is 0 Å². The average Bonchev–Trinajstić information content (AvgIpc) is 3.77. The van der Waals surface area contributed by atoms with Crippen LogP contribution in [-0.2, 0) is 13.1 Å². The lowest BCUT2D eigenvalue weighted by Gasteiger charge is -2.12. The number of imidazole rings is 2. The first-order valence-electron chi connectivity index (χ1n) is 18.8. The van der Waals surface area contributed by atoms with E-state index in [2.05, 4.69) is 31.2 Å². The molecule has 6 aromatic carbocycles. The van der Waals surface area contributed by atoms with Crippen LogP contribution in [0.5, 0.6) is 11.5 Å². The zero-order chi connectivity index (χ0) is 37.6. The Labute approximate surface area is 319 Å². The Morgan fingerprint density at radius 1 is 0.482 bits per heavy atom. The van der Waals surface area contributed by atoms with Gasteiger partial charge in [0.25, 0.3) is 11.1 Å². The molecule has 5 heterocycles. The van der Waals surface area contributed by atoms with Crippen LogP contribution in [0, 0.1) is 0 Å². The van der Waals surface area contributed by atoms with E-state index in [1.54, 1.807) is 12.1 Å². The number of aromatic nitrogens is 6. The molecule has 2 aliphatic rings. The van der Waals surface area contributed by atoms with Gasteiger partial charge in [-0.25, -0.2) is 9.97 Å². The first-order valence-corrected chi connectivity index (χ1v) is 18.8. The van der Waals surface area contributed by atoms with Gasteiger partial charge in [-0.1, -0.05) is 60.7 Å². The molecule has 10 heteroatoms. The van der Waals surface area contributed by atoms with E-state index in [0.717, 1.165) is 46.5 Å². The lowest BCUT2D eigenvalue weighted by atomic mass is 10.2. The predicted octanol–water partition coefficient (Wildman–Crippen LogP) is 8.71. The normalized spacial score (nSPS) is 13.4. The summed E-state index contributed by atoms with van der Waals surface area (Å²) in [6.07, 6.45) is 1.67. The summed E-state index contributed by atoms with van der Waals surface area (Å²) in [4.78, 5) is 45.8. The maximum Gasteiger partial charge on any atom is 0.257 e. The molecule has 0 fully saturated rings. The van der Waals surface area contributed by atoms with E-state index in [1.165, 1.54) is 0 Å². The van der Waals surface area contributed by atoms with Crippen LogP contribution in [0.15, 0.2) is 143 Å². The number of benzene rings is 6. The minimum atomic E-state index is -0.300. The third-order valence-corrected chi connectivity index (χ3v) is 10.4. The Kier molecular flexibility index (Phi) is 8.28. The molecule has 0 aliphatic carbocycles.